The fourth-order valence-electron chi connectivity index (χ4n) is 2.41. The number of nitrogens with zero attached hydrogens (tertiary/aromatic N) is 2. The van der Waals surface area contributed by atoms with Crippen LogP contribution in [0.3, 0.4) is 0 Å². The monoisotopic (exact) mass is 324 g/mol. The number of benzene rings is 1. The molecular weight excluding hydrogens is 300 g/mol. The van der Waals surface area contributed by atoms with Gasteiger partial charge in [-0.05, 0) is 45.7 Å². The maximum atomic E-state index is 13.0. The third-order valence-corrected chi connectivity index (χ3v) is 3.68. The Morgan fingerprint density at radius 3 is 2.32 bits per heavy atom. The number of amides is 2. The van der Waals surface area contributed by atoms with Crippen molar-refractivity contribution in [3.8, 4) is 0 Å². The molecule has 0 spiro atoms. The molecule has 6 heteroatoms. The van der Waals surface area contributed by atoms with Gasteiger partial charge in [-0.15, -0.1) is 0 Å². The molecule has 0 radical (unpaired) electrons. The minimum absolute atomic E-state index is 0.277. The van der Waals surface area contributed by atoms with Crippen molar-refractivity contribution in [1.82, 2.24) is 4.90 Å². The lowest BCUT2D eigenvalue weighted by molar-refractivity contribution is 0.196. The van der Waals surface area contributed by atoms with E-state index < -0.39 is 5.54 Å². The molecule has 0 atom stereocenters. The van der Waals surface area contributed by atoms with Crippen molar-refractivity contribution >= 4 is 29.3 Å². The van der Waals surface area contributed by atoms with Crippen molar-refractivity contribution in [2.45, 2.75) is 46.6 Å². The Morgan fingerprint density at radius 1 is 1.32 bits per heavy atom. The lowest BCUT2D eigenvalue weighted by Gasteiger charge is -2.38. The van der Waals surface area contributed by atoms with E-state index in [1.807, 2.05) is 46.8 Å². The second kappa shape index (κ2) is 7.01. The predicted octanol–water partition coefficient (Wildman–Crippen LogP) is 3.84. The second-order valence-corrected chi connectivity index (χ2v) is 6.43. The number of rotatable bonds is 3. The summed E-state index contributed by atoms with van der Waals surface area (Å²) in [7, 11) is 0. The van der Waals surface area contributed by atoms with Crippen molar-refractivity contribution < 1.29 is 4.79 Å². The molecule has 5 nitrogen and oxygen atoms in total. The standard InChI is InChI=1S/C16H25ClN4O/c1-6-11-9-8-10-12(17)13(11)20(7-2)15(22)21(14(18)19)16(3,4)5/h8-10H,6-7H2,1-5H3,(H3,18,19). The van der Waals surface area contributed by atoms with Gasteiger partial charge in [-0.3, -0.25) is 15.2 Å². The molecule has 1 aromatic carbocycles. The highest BCUT2D eigenvalue weighted by atomic mass is 35.5. The van der Waals surface area contributed by atoms with Crippen LogP contribution >= 0.6 is 11.6 Å². The van der Waals surface area contributed by atoms with Crippen molar-refractivity contribution in [2.75, 3.05) is 11.4 Å². The summed E-state index contributed by atoms with van der Waals surface area (Å²) in [6.45, 7) is 9.85. The van der Waals surface area contributed by atoms with Gasteiger partial charge in [0, 0.05) is 12.1 Å². The number of nitrogens with two attached hydrogens (primary N) is 1. The first-order valence-corrected chi connectivity index (χ1v) is 7.76. The number of carbonyl (C=O) groups excluding carboxylic acids is 1. The lowest BCUT2D eigenvalue weighted by atomic mass is 10.1. The summed E-state index contributed by atoms with van der Waals surface area (Å²) in [6.07, 6.45) is 0.759. The zero-order chi connectivity index (χ0) is 17.1. The number of carbonyl (C=O) groups is 1. The summed E-state index contributed by atoms with van der Waals surface area (Å²) in [4.78, 5) is 15.8. The summed E-state index contributed by atoms with van der Waals surface area (Å²) < 4.78 is 0. The van der Waals surface area contributed by atoms with Crippen LogP contribution in [0, 0.1) is 5.41 Å². The van der Waals surface area contributed by atoms with E-state index in [1.165, 1.54) is 4.90 Å². The van der Waals surface area contributed by atoms with Crippen LogP contribution in [0.5, 0.6) is 0 Å². The number of hydrogen-bond donors (Lipinski definition) is 2. The van der Waals surface area contributed by atoms with Crippen molar-refractivity contribution in [3.63, 3.8) is 0 Å². The van der Waals surface area contributed by atoms with E-state index in [0.29, 0.717) is 17.3 Å². The number of hydrogen-bond acceptors (Lipinski definition) is 2. The average Bonchev–Trinajstić information content (AvgIpc) is 2.39. The van der Waals surface area contributed by atoms with Gasteiger partial charge in [0.05, 0.1) is 10.7 Å². The topological polar surface area (TPSA) is 73.4 Å². The molecule has 2 amide bonds. The molecule has 0 aromatic heterocycles. The molecule has 1 aromatic rings. The van der Waals surface area contributed by atoms with Crippen LogP contribution < -0.4 is 10.6 Å². The molecule has 0 aliphatic carbocycles. The Labute approximate surface area is 137 Å². The number of guanidine groups is 1. The zero-order valence-electron chi connectivity index (χ0n) is 13.9. The van der Waals surface area contributed by atoms with Crippen LogP contribution in [0.1, 0.15) is 40.2 Å². The van der Waals surface area contributed by atoms with Gasteiger partial charge >= 0.3 is 6.03 Å². The summed E-state index contributed by atoms with van der Waals surface area (Å²) in [5, 5.41) is 8.26. The van der Waals surface area contributed by atoms with E-state index in [2.05, 4.69) is 0 Å². The van der Waals surface area contributed by atoms with Crippen molar-refractivity contribution in [2.24, 2.45) is 5.73 Å². The second-order valence-electron chi connectivity index (χ2n) is 6.02. The van der Waals surface area contributed by atoms with Crippen LogP contribution in [0.4, 0.5) is 10.5 Å². The Balaban J connectivity index is 3.38. The summed E-state index contributed by atoms with van der Waals surface area (Å²) in [5.41, 5.74) is 6.71. The number of aryl methyl sites for hydroxylation is 1. The molecule has 0 unspecified atom stereocenters. The molecular formula is C16H25ClN4O. The number of anilines is 1. The van der Waals surface area contributed by atoms with E-state index in [4.69, 9.17) is 22.7 Å². The fourth-order valence-corrected chi connectivity index (χ4v) is 2.70. The van der Waals surface area contributed by atoms with Gasteiger partial charge in [-0.2, -0.15) is 0 Å². The minimum Gasteiger partial charge on any atom is -0.370 e. The maximum absolute atomic E-state index is 13.0. The van der Waals surface area contributed by atoms with Gasteiger partial charge in [0.15, 0.2) is 5.96 Å². The number of urea groups is 1. The van der Waals surface area contributed by atoms with Gasteiger partial charge in [-0.1, -0.05) is 30.7 Å². The van der Waals surface area contributed by atoms with Gasteiger partial charge in [0.2, 0.25) is 0 Å². The van der Waals surface area contributed by atoms with Crippen molar-refractivity contribution in [1.29, 1.82) is 5.41 Å². The Morgan fingerprint density at radius 2 is 1.91 bits per heavy atom. The van der Waals surface area contributed by atoms with Gasteiger partial charge in [0.1, 0.15) is 0 Å². The fraction of sp³-hybridized carbons (Fsp3) is 0.500. The predicted molar refractivity (Wildman–Crippen MR) is 92.8 cm³/mol. The first-order chi connectivity index (χ1) is 10.1. The van der Waals surface area contributed by atoms with Gasteiger partial charge in [-0.25, -0.2) is 4.79 Å². The third-order valence-electron chi connectivity index (χ3n) is 3.37. The van der Waals surface area contributed by atoms with E-state index in [0.717, 1.165) is 12.0 Å². The summed E-state index contributed by atoms with van der Waals surface area (Å²) >= 11 is 6.33. The smallest absolute Gasteiger partial charge is 0.331 e. The van der Waals surface area contributed by atoms with E-state index >= 15 is 0 Å². The largest absolute Gasteiger partial charge is 0.370 e. The Kier molecular flexibility index (Phi) is 5.83. The van der Waals surface area contributed by atoms with Gasteiger partial charge < -0.3 is 5.73 Å². The molecule has 0 fully saturated rings. The molecule has 0 saturated heterocycles. The Hall–Kier alpha value is -1.75. The van der Waals surface area contributed by atoms with Crippen LogP contribution in [0.25, 0.3) is 0 Å². The molecule has 0 aliphatic rings. The summed E-state index contributed by atoms with van der Waals surface area (Å²) in [6, 6.07) is 5.24. The van der Waals surface area contributed by atoms with E-state index in [1.54, 1.807) is 11.0 Å². The van der Waals surface area contributed by atoms with Crippen molar-refractivity contribution in [3.05, 3.63) is 28.8 Å². The molecule has 3 N–H and O–H groups in total. The normalized spacial score (nSPS) is 11.2. The van der Waals surface area contributed by atoms with Crippen LogP contribution in [0.2, 0.25) is 5.02 Å². The molecule has 0 saturated carbocycles. The highest BCUT2D eigenvalue weighted by Gasteiger charge is 2.33. The number of halogens is 1. The van der Waals surface area contributed by atoms with Gasteiger partial charge in [0.25, 0.3) is 0 Å². The highest BCUT2D eigenvalue weighted by molar-refractivity contribution is 6.34. The van der Waals surface area contributed by atoms with Crippen LogP contribution in [-0.2, 0) is 6.42 Å². The van der Waals surface area contributed by atoms with E-state index in [9.17, 15) is 4.79 Å². The molecule has 122 valence electrons. The minimum atomic E-state index is -0.593. The van der Waals surface area contributed by atoms with E-state index in [-0.39, 0.29) is 12.0 Å². The SMILES string of the molecule is CCc1cccc(Cl)c1N(CC)C(=O)N(C(=N)N)C(C)(C)C. The molecule has 0 aliphatic heterocycles. The Bertz CT molecular complexity index is 566. The lowest BCUT2D eigenvalue weighted by Crippen LogP contribution is -2.57. The first-order valence-electron chi connectivity index (χ1n) is 7.38. The number of nitrogens with one attached hydrogen (secondary N) is 1. The summed E-state index contributed by atoms with van der Waals surface area (Å²) in [5.74, 6) is -0.277. The van der Waals surface area contributed by atoms with Crippen LogP contribution in [0.15, 0.2) is 18.2 Å². The number of para-hydroxylation sites is 1. The molecule has 0 bridgehead atoms. The zero-order valence-corrected chi connectivity index (χ0v) is 14.7. The molecule has 0 heterocycles. The average molecular weight is 325 g/mol. The first kappa shape index (κ1) is 18.3. The quantitative estimate of drug-likeness (QED) is 0.654. The highest BCUT2D eigenvalue weighted by Crippen LogP contribution is 2.32. The molecule has 1 rings (SSSR count). The van der Waals surface area contributed by atoms with Crippen LogP contribution in [-0.4, -0.2) is 29.0 Å². The third kappa shape index (κ3) is 3.71. The maximum Gasteiger partial charge on any atom is 0.331 e. The molecule has 22 heavy (non-hydrogen) atoms.